The third kappa shape index (κ3) is 1.96. The Morgan fingerprint density at radius 1 is 1.27 bits per heavy atom. The highest BCUT2D eigenvalue weighted by Gasteiger charge is 2.05. The Balaban J connectivity index is 2.54. The zero-order valence-electron chi connectivity index (χ0n) is 7.48. The van der Waals surface area contributed by atoms with Gasteiger partial charge in [-0.25, -0.2) is 4.68 Å². The van der Waals surface area contributed by atoms with Crippen LogP contribution in [0.25, 0.3) is 5.69 Å². The molecule has 0 spiro atoms. The molecule has 0 saturated heterocycles. The molecular formula is C10H5Cl2N3. The molecule has 3 nitrogen and oxygen atoms in total. The molecule has 0 radical (unpaired) electrons. The Bertz CT molecular complexity index is 540. The van der Waals surface area contributed by atoms with Gasteiger partial charge < -0.3 is 0 Å². The lowest BCUT2D eigenvalue weighted by molar-refractivity contribution is 0.873. The molecular weight excluding hydrogens is 233 g/mol. The molecule has 0 N–H and O–H groups in total. The first kappa shape index (κ1) is 10.0. The minimum Gasteiger partial charge on any atom is -0.238 e. The van der Waals surface area contributed by atoms with E-state index in [9.17, 15) is 0 Å². The molecule has 2 rings (SSSR count). The first-order valence-electron chi connectivity index (χ1n) is 4.12. The number of nitriles is 1. The van der Waals surface area contributed by atoms with Gasteiger partial charge in [0.1, 0.15) is 6.07 Å². The maximum Gasteiger partial charge on any atom is 0.162 e. The largest absolute Gasteiger partial charge is 0.238 e. The van der Waals surface area contributed by atoms with E-state index in [1.807, 2.05) is 6.07 Å². The Kier molecular flexibility index (Phi) is 2.63. The third-order valence-corrected chi connectivity index (χ3v) is 2.41. The standard InChI is InChI=1S/C10H5Cl2N3/c11-7-1-2-9(12)10(5-7)15-4-3-8(6-13)14-15/h1-5H. The Hall–Kier alpha value is -1.50. The minimum atomic E-state index is 0.339. The smallest absolute Gasteiger partial charge is 0.162 e. The Labute approximate surface area is 96.5 Å². The molecule has 0 bridgehead atoms. The van der Waals surface area contributed by atoms with Crippen molar-refractivity contribution in [2.75, 3.05) is 0 Å². The summed E-state index contributed by atoms with van der Waals surface area (Å²) in [6.45, 7) is 0. The predicted octanol–water partition coefficient (Wildman–Crippen LogP) is 3.05. The van der Waals surface area contributed by atoms with Crippen LogP contribution < -0.4 is 0 Å². The van der Waals surface area contributed by atoms with Crippen molar-refractivity contribution in [3.63, 3.8) is 0 Å². The van der Waals surface area contributed by atoms with Crippen LogP contribution in [0.5, 0.6) is 0 Å². The number of hydrogen-bond acceptors (Lipinski definition) is 2. The molecule has 1 heterocycles. The van der Waals surface area contributed by atoms with E-state index in [2.05, 4.69) is 5.10 Å². The summed E-state index contributed by atoms with van der Waals surface area (Å²) in [5.74, 6) is 0. The number of halogens is 2. The fraction of sp³-hybridized carbons (Fsp3) is 0. The number of rotatable bonds is 1. The lowest BCUT2D eigenvalue weighted by atomic mass is 10.3. The second-order valence-electron chi connectivity index (χ2n) is 2.85. The van der Waals surface area contributed by atoms with E-state index < -0.39 is 0 Å². The fourth-order valence-electron chi connectivity index (χ4n) is 1.18. The van der Waals surface area contributed by atoms with Gasteiger partial charge in [0.2, 0.25) is 0 Å². The summed E-state index contributed by atoms with van der Waals surface area (Å²) in [7, 11) is 0. The lowest BCUT2D eigenvalue weighted by Crippen LogP contribution is -1.96. The minimum absolute atomic E-state index is 0.339. The molecule has 2 aromatic rings. The highest BCUT2D eigenvalue weighted by Crippen LogP contribution is 2.23. The molecule has 5 heteroatoms. The number of nitrogens with zero attached hydrogens (tertiary/aromatic N) is 3. The van der Waals surface area contributed by atoms with Gasteiger partial charge >= 0.3 is 0 Å². The zero-order valence-corrected chi connectivity index (χ0v) is 9.00. The average molecular weight is 238 g/mol. The lowest BCUT2D eigenvalue weighted by Gasteiger charge is -2.03. The molecule has 74 valence electrons. The van der Waals surface area contributed by atoms with E-state index >= 15 is 0 Å². The van der Waals surface area contributed by atoms with Crippen LogP contribution in [0, 0.1) is 11.3 Å². The van der Waals surface area contributed by atoms with Crippen LogP contribution in [-0.4, -0.2) is 9.78 Å². The van der Waals surface area contributed by atoms with Gasteiger partial charge in [0.05, 0.1) is 10.7 Å². The number of aromatic nitrogens is 2. The summed E-state index contributed by atoms with van der Waals surface area (Å²) in [5, 5.41) is 13.8. The summed E-state index contributed by atoms with van der Waals surface area (Å²) in [6.07, 6.45) is 1.66. The SMILES string of the molecule is N#Cc1ccn(-c2cc(Cl)ccc2Cl)n1. The quantitative estimate of drug-likeness (QED) is 0.766. The van der Waals surface area contributed by atoms with Gasteiger partial charge in [0.15, 0.2) is 5.69 Å². The van der Waals surface area contributed by atoms with Crippen LogP contribution >= 0.6 is 23.2 Å². The first-order chi connectivity index (χ1) is 7.20. The average Bonchev–Trinajstić information content (AvgIpc) is 2.70. The van der Waals surface area contributed by atoms with Crippen LogP contribution in [0.4, 0.5) is 0 Å². The molecule has 0 aliphatic heterocycles. The Morgan fingerprint density at radius 2 is 2.07 bits per heavy atom. The van der Waals surface area contributed by atoms with Gasteiger partial charge in [-0.1, -0.05) is 23.2 Å². The molecule has 0 aliphatic rings. The maximum atomic E-state index is 8.64. The third-order valence-electron chi connectivity index (χ3n) is 1.86. The van der Waals surface area contributed by atoms with Crippen molar-refractivity contribution in [2.24, 2.45) is 0 Å². The molecule has 0 unspecified atom stereocenters. The maximum absolute atomic E-state index is 8.64. The number of benzene rings is 1. The van der Waals surface area contributed by atoms with E-state index in [1.54, 1.807) is 30.5 Å². The second-order valence-corrected chi connectivity index (χ2v) is 3.70. The molecule has 1 aromatic heterocycles. The molecule has 0 fully saturated rings. The van der Waals surface area contributed by atoms with Crippen molar-refractivity contribution >= 4 is 23.2 Å². The summed E-state index contributed by atoms with van der Waals surface area (Å²) < 4.78 is 1.52. The van der Waals surface area contributed by atoms with Crippen molar-refractivity contribution in [3.05, 3.63) is 46.2 Å². The van der Waals surface area contributed by atoms with Crippen molar-refractivity contribution in [1.82, 2.24) is 9.78 Å². The number of hydrogen-bond donors (Lipinski definition) is 0. The van der Waals surface area contributed by atoms with Gasteiger partial charge in [-0.15, -0.1) is 0 Å². The van der Waals surface area contributed by atoms with Gasteiger partial charge in [-0.05, 0) is 24.3 Å². The van der Waals surface area contributed by atoms with E-state index in [0.717, 1.165) is 0 Å². The predicted molar refractivity (Wildman–Crippen MR) is 58.3 cm³/mol. The molecule has 0 atom stereocenters. The molecule has 0 aliphatic carbocycles. The van der Waals surface area contributed by atoms with Crippen molar-refractivity contribution in [1.29, 1.82) is 5.26 Å². The monoisotopic (exact) mass is 237 g/mol. The van der Waals surface area contributed by atoms with Gasteiger partial charge in [-0.2, -0.15) is 10.4 Å². The van der Waals surface area contributed by atoms with Crippen molar-refractivity contribution in [2.45, 2.75) is 0 Å². The summed E-state index contributed by atoms with van der Waals surface area (Å²) in [4.78, 5) is 0. The summed E-state index contributed by atoms with van der Waals surface area (Å²) >= 11 is 11.8. The fourth-order valence-corrected chi connectivity index (χ4v) is 1.55. The molecule has 1 aromatic carbocycles. The van der Waals surface area contributed by atoms with Gasteiger partial charge in [-0.3, -0.25) is 0 Å². The first-order valence-corrected chi connectivity index (χ1v) is 4.87. The van der Waals surface area contributed by atoms with E-state index in [0.29, 0.717) is 21.4 Å². The second kappa shape index (κ2) is 3.93. The summed E-state index contributed by atoms with van der Waals surface area (Å²) in [6, 6.07) is 8.63. The van der Waals surface area contributed by atoms with Gasteiger partial charge in [0, 0.05) is 11.2 Å². The van der Waals surface area contributed by atoms with Crippen LogP contribution in [-0.2, 0) is 0 Å². The van der Waals surface area contributed by atoms with Crippen LogP contribution in [0.1, 0.15) is 5.69 Å². The highest BCUT2D eigenvalue weighted by atomic mass is 35.5. The van der Waals surface area contributed by atoms with Crippen LogP contribution in [0.3, 0.4) is 0 Å². The summed E-state index contributed by atoms with van der Waals surface area (Å²) in [5.41, 5.74) is 0.997. The molecule has 0 amide bonds. The highest BCUT2D eigenvalue weighted by molar-refractivity contribution is 6.34. The van der Waals surface area contributed by atoms with Crippen molar-refractivity contribution < 1.29 is 0 Å². The van der Waals surface area contributed by atoms with Gasteiger partial charge in [0.25, 0.3) is 0 Å². The molecule has 15 heavy (non-hydrogen) atoms. The van der Waals surface area contributed by atoms with Crippen LogP contribution in [0.15, 0.2) is 30.5 Å². The van der Waals surface area contributed by atoms with Crippen molar-refractivity contribution in [3.8, 4) is 11.8 Å². The zero-order chi connectivity index (χ0) is 10.8. The van der Waals surface area contributed by atoms with E-state index in [4.69, 9.17) is 28.5 Å². The molecule has 0 saturated carbocycles. The van der Waals surface area contributed by atoms with Crippen LogP contribution in [0.2, 0.25) is 10.0 Å². The normalized spacial score (nSPS) is 9.93. The topological polar surface area (TPSA) is 41.6 Å². The van der Waals surface area contributed by atoms with E-state index in [-0.39, 0.29) is 0 Å². The Morgan fingerprint density at radius 3 is 2.73 bits per heavy atom. The van der Waals surface area contributed by atoms with E-state index in [1.165, 1.54) is 4.68 Å².